The van der Waals surface area contributed by atoms with Crippen molar-refractivity contribution in [1.29, 1.82) is 0 Å². The van der Waals surface area contributed by atoms with Crippen molar-refractivity contribution < 1.29 is 18.7 Å². The first-order valence-corrected chi connectivity index (χ1v) is 8.83. The highest BCUT2D eigenvalue weighted by Gasteiger charge is 2.23. The number of carbonyl (C=O) groups excluding carboxylic acids is 2. The Kier molecular flexibility index (Phi) is 5.35. The topological polar surface area (TPSA) is 78.3 Å². The Morgan fingerprint density at radius 1 is 1.18 bits per heavy atom. The average molecular weight is 382 g/mol. The summed E-state index contributed by atoms with van der Waals surface area (Å²) in [5.74, 6) is -1.85. The lowest BCUT2D eigenvalue weighted by atomic mass is 10.1. The fourth-order valence-electron chi connectivity index (χ4n) is 2.87. The van der Waals surface area contributed by atoms with Crippen molar-refractivity contribution in [3.63, 3.8) is 0 Å². The van der Waals surface area contributed by atoms with E-state index in [0.717, 1.165) is 17.8 Å². The van der Waals surface area contributed by atoms with Crippen LogP contribution in [0.4, 0.5) is 4.39 Å². The first-order valence-electron chi connectivity index (χ1n) is 8.83. The molecular formula is C21H19FN2O4. The molecule has 0 aliphatic heterocycles. The summed E-state index contributed by atoms with van der Waals surface area (Å²) >= 11 is 0. The molecule has 2 heterocycles. The summed E-state index contributed by atoms with van der Waals surface area (Å²) in [5.41, 5.74) is 0.783. The molecule has 0 fully saturated rings. The Labute approximate surface area is 160 Å². The van der Waals surface area contributed by atoms with Gasteiger partial charge in [0.05, 0.1) is 5.39 Å². The molecule has 28 heavy (non-hydrogen) atoms. The minimum Gasteiger partial charge on any atom is -0.451 e. The van der Waals surface area contributed by atoms with E-state index in [-0.39, 0.29) is 11.1 Å². The van der Waals surface area contributed by atoms with Crippen molar-refractivity contribution in [3.8, 4) is 0 Å². The molecule has 0 aliphatic carbocycles. The van der Waals surface area contributed by atoms with Crippen molar-refractivity contribution in [2.24, 2.45) is 0 Å². The average Bonchev–Trinajstić information content (AvgIpc) is 2.68. The number of hydrogen-bond donors (Lipinski definition) is 0. The third-order valence-electron chi connectivity index (χ3n) is 4.40. The quantitative estimate of drug-likeness (QED) is 0.500. The molecule has 0 aliphatic rings. The van der Waals surface area contributed by atoms with Gasteiger partial charge in [-0.1, -0.05) is 0 Å². The van der Waals surface area contributed by atoms with Crippen molar-refractivity contribution >= 4 is 22.8 Å². The number of nitrogens with zero attached hydrogens (tertiary/aromatic N) is 2. The van der Waals surface area contributed by atoms with Gasteiger partial charge in [0.15, 0.2) is 6.10 Å². The molecule has 144 valence electrons. The van der Waals surface area contributed by atoms with Crippen molar-refractivity contribution in [1.82, 2.24) is 9.55 Å². The van der Waals surface area contributed by atoms with Gasteiger partial charge in [-0.2, -0.15) is 0 Å². The summed E-state index contributed by atoms with van der Waals surface area (Å²) in [7, 11) is 0. The minimum atomic E-state index is -1.13. The van der Waals surface area contributed by atoms with Crippen LogP contribution in [-0.4, -0.2) is 27.4 Å². The van der Waals surface area contributed by atoms with Crippen LogP contribution in [0.1, 0.15) is 40.3 Å². The van der Waals surface area contributed by atoms with Crippen molar-refractivity contribution in [2.75, 3.05) is 0 Å². The van der Waals surface area contributed by atoms with E-state index in [2.05, 4.69) is 4.98 Å². The van der Waals surface area contributed by atoms with Crippen molar-refractivity contribution in [2.45, 2.75) is 33.4 Å². The number of aryl methyl sites for hydroxylation is 2. The summed E-state index contributed by atoms with van der Waals surface area (Å²) in [6.07, 6.45) is 0.272. The third kappa shape index (κ3) is 3.69. The molecule has 1 unspecified atom stereocenters. The predicted octanol–water partition coefficient (Wildman–Crippen LogP) is 3.29. The van der Waals surface area contributed by atoms with Gasteiger partial charge in [-0.15, -0.1) is 0 Å². The fraction of sp³-hybridized carbons (Fsp3) is 0.238. The van der Waals surface area contributed by atoms with Crippen LogP contribution in [0.2, 0.25) is 0 Å². The molecule has 1 atom stereocenters. The van der Waals surface area contributed by atoms with Gasteiger partial charge < -0.3 is 9.30 Å². The second-order valence-electron chi connectivity index (χ2n) is 6.40. The van der Waals surface area contributed by atoms with E-state index in [4.69, 9.17) is 4.74 Å². The lowest BCUT2D eigenvalue weighted by Crippen LogP contribution is -2.28. The Morgan fingerprint density at radius 2 is 1.86 bits per heavy atom. The normalized spacial score (nSPS) is 12.0. The maximum atomic E-state index is 13.0. The van der Waals surface area contributed by atoms with Gasteiger partial charge >= 0.3 is 5.97 Å². The summed E-state index contributed by atoms with van der Waals surface area (Å²) in [4.78, 5) is 42.1. The van der Waals surface area contributed by atoms with Gasteiger partial charge in [0.2, 0.25) is 11.2 Å². The van der Waals surface area contributed by atoms with E-state index in [0.29, 0.717) is 17.6 Å². The van der Waals surface area contributed by atoms with Gasteiger partial charge in [0.25, 0.3) is 0 Å². The van der Waals surface area contributed by atoms with Crippen LogP contribution in [0.5, 0.6) is 0 Å². The first kappa shape index (κ1) is 19.4. The number of hydrogen-bond acceptors (Lipinski definition) is 5. The molecule has 0 spiro atoms. The second kappa shape index (κ2) is 7.72. The first-order chi connectivity index (χ1) is 13.3. The molecule has 7 heteroatoms. The molecular weight excluding hydrogens is 363 g/mol. The molecule has 0 N–H and O–H groups in total. The lowest BCUT2D eigenvalue weighted by molar-refractivity contribution is 0.0317. The number of ketones is 1. The Balaban J connectivity index is 1.92. The third-order valence-corrected chi connectivity index (χ3v) is 4.40. The number of esters is 1. The number of rotatable bonds is 5. The Hall–Kier alpha value is -3.35. The maximum Gasteiger partial charge on any atom is 0.344 e. The van der Waals surface area contributed by atoms with Gasteiger partial charge in [-0.25, -0.2) is 14.2 Å². The predicted molar refractivity (Wildman–Crippen MR) is 102 cm³/mol. The maximum absolute atomic E-state index is 13.0. The van der Waals surface area contributed by atoms with E-state index in [1.54, 1.807) is 16.7 Å². The van der Waals surface area contributed by atoms with E-state index in [1.165, 1.54) is 25.3 Å². The summed E-state index contributed by atoms with van der Waals surface area (Å²) in [5, 5.41) is 0.305. The highest BCUT2D eigenvalue weighted by Crippen LogP contribution is 2.13. The summed E-state index contributed by atoms with van der Waals surface area (Å²) in [6, 6.07) is 8.25. The van der Waals surface area contributed by atoms with Crippen LogP contribution in [0.25, 0.3) is 11.0 Å². The number of ether oxygens (including phenoxy) is 1. The number of benzene rings is 1. The molecule has 2 aromatic heterocycles. The monoisotopic (exact) mass is 382 g/mol. The van der Waals surface area contributed by atoms with E-state index >= 15 is 0 Å². The van der Waals surface area contributed by atoms with Gasteiger partial charge in [-0.05, 0) is 57.2 Å². The van der Waals surface area contributed by atoms with Crippen LogP contribution >= 0.6 is 0 Å². The molecule has 0 amide bonds. The lowest BCUT2D eigenvalue weighted by Gasteiger charge is -2.14. The Bertz CT molecular complexity index is 1120. The number of fused-ring (bicyclic) bond motifs is 1. The number of pyridine rings is 2. The number of halogens is 1. The van der Waals surface area contributed by atoms with Gasteiger partial charge in [-0.3, -0.25) is 9.59 Å². The highest BCUT2D eigenvalue weighted by atomic mass is 19.1. The second-order valence-corrected chi connectivity index (χ2v) is 6.40. The summed E-state index contributed by atoms with van der Waals surface area (Å²) < 4.78 is 19.9. The van der Waals surface area contributed by atoms with E-state index in [1.807, 2.05) is 13.8 Å². The molecule has 0 bridgehead atoms. The molecule has 1 aromatic carbocycles. The van der Waals surface area contributed by atoms with Crippen LogP contribution in [-0.2, 0) is 11.3 Å². The van der Waals surface area contributed by atoms with Gasteiger partial charge in [0.1, 0.15) is 17.0 Å². The zero-order valence-electron chi connectivity index (χ0n) is 15.7. The number of aromatic nitrogens is 2. The largest absolute Gasteiger partial charge is 0.451 e. The zero-order chi connectivity index (χ0) is 20.4. The molecule has 0 saturated carbocycles. The molecule has 6 nitrogen and oxygen atoms in total. The molecule has 3 rings (SSSR count). The SMILES string of the molecule is CCn1cc(C(=O)OC(C)C(=O)c2ccc(F)cc2)c(=O)c2ccc(C)nc21. The van der Waals surface area contributed by atoms with E-state index in [9.17, 15) is 18.8 Å². The summed E-state index contributed by atoms with van der Waals surface area (Å²) in [6.45, 7) is 5.59. The Morgan fingerprint density at radius 3 is 2.50 bits per heavy atom. The smallest absolute Gasteiger partial charge is 0.344 e. The zero-order valence-corrected chi connectivity index (χ0v) is 15.7. The standard InChI is InChI=1S/C21H19FN2O4/c1-4-24-11-17(19(26)16-10-5-12(2)23-20(16)24)21(27)28-13(3)18(25)14-6-8-15(22)9-7-14/h5-11,13H,4H2,1-3H3. The molecule has 3 aromatic rings. The molecule has 0 radical (unpaired) electrons. The van der Waals surface area contributed by atoms with Crippen LogP contribution < -0.4 is 5.43 Å². The van der Waals surface area contributed by atoms with Crippen molar-refractivity contribution in [3.05, 3.63) is 75.5 Å². The molecule has 0 saturated heterocycles. The van der Waals surface area contributed by atoms with E-state index < -0.39 is 29.1 Å². The van der Waals surface area contributed by atoms with Crippen LogP contribution in [0.15, 0.2) is 47.4 Å². The fourth-order valence-corrected chi connectivity index (χ4v) is 2.87. The number of Topliss-reactive ketones (excluding diaryl/α,β-unsaturated/α-hetero) is 1. The van der Waals surface area contributed by atoms with Crippen LogP contribution in [0.3, 0.4) is 0 Å². The number of carbonyl (C=O) groups is 2. The highest BCUT2D eigenvalue weighted by molar-refractivity contribution is 6.01. The van der Waals surface area contributed by atoms with Gasteiger partial charge in [0, 0.05) is 24.0 Å². The van der Waals surface area contributed by atoms with Crippen LogP contribution in [0, 0.1) is 12.7 Å². The minimum absolute atomic E-state index is 0.168.